The van der Waals surface area contributed by atoms with E-state index in [1.54, 1.807) is 13.0 Å². The molecule has 0 fully saturated rings. The van der Waals surface area contributed by atoms with Gasteiger partial charge in [-0.25, -0.2) is 0 Å². The molecule has 0 aliphatic heterocycles. The summed E-state index contributed by atoms with van der Waals surface area (Å²) in [6.45, 7) is 3.06. The van der Waals surface area contributed by atoms with Gasteiger partial charge in [-0.05, 0) is 42.3 Å². The number of carbonyl (C=O) groups is 1. The van der Waals surface area contributed by atoms with E-state index in [1.165, 1.54) is 19.1 Å². The maximum Gasteiger partial charge on any atom is 0.446 e. The highest BCUT2D eigenvalue weighted by Gasteiger charge is 2.31. The lowest BCUT2D eigenvalue weighted by atomic mass is 10.0. The van der Waals surface area contributed by atoms with Crippen molar-refractivity contribution in [1.29, 1.82) is 0 Å². The molecule has 1 unspecified atom stereocenters. The van der Waals surface area contributed by atoms with Gasteiger partial charge in [0.1, 0.15) is 5.38 Å². The highest BCUT2D eigenvalue weighted by Crippen LogP contribution is 2.41. The van der Waals surface area contributed by atoms with Gasteiger partial charge in [-0.2, -0.15) is 13.2 Å². The van der Waals surface area contributed by atoms with Crippen LogP contribution in [0.1, 0.15) is 30.4 Å². The van der Waals surface area contributed by atoms with Gasteiger partial charge < -0.3 is 0 Å². The third-order valence-corrected chi connectivity index (χ3v) is 3.75. The van der Waals surface area contributed by atoms with Crippen molar-refractivity contribution in [3.63, 3.8) is 0 Å². The third kappa shape index (κ3) is 3.92. The lowest BCUT2D eigenvalue weighted by Gasteiger charge is -2.16. The zero-order valence-corrected chi connectivity index (χ0v) is 11.4. The summed E-state index contributed by atoms with van der Waals surface area (Å²) < 4.78 is 37.2. The van der Waals surface area contributed by atoms with Crippen LogP contribution in [0.2, 0.25) is 0 Å². The SMILES string of the molecule is CCc1c(SC(F)(F)F)cccc1C(Cl)C(C)=O. The van der Waals surface area contributed by atoms with Gasteiger partial charge in [0.2, 0.25) is 0 Å². The maximum absolute atomic E-state index is 12.4. The fourth-order valence-electron chi connectivity index (χ4n) is 1.64. The Balaban J connectivity index is 3.22. The summed E-state index contributed by atoms with van der Waals surface area (Å²) in [5.41, 5.74) is -3.41. The number of carbonyl (C=O) groups excluding carboxylic acids is 1. The number of ketones is 1. The van der Waals surface area contributed by atoms with Crippen molar-refractivity contribution in [2.45, 2.75) is 36.0 Å². The van der Waals surface area contributed by atoms with Gasteiger partial charge in [0.25, 0.3) is 0 Å². The minimum atomic E-state index is -4.35. The smallest absolute Gasteiger partial charge is 0.298 e. The molecule has 0 saturated heterocycles. The molecule has 0 aliphatic carbocycles. The van der Waals surface area contributed by atoms with Crippen LogP contribution in [0.3, 0.4) is 0 Å². The minimum Gasteiger partial charge on any atom is -0.298 e. The second-order valence-corrected chi connectivity index (χ2v) is 5.24. The zero-order valence-electron chi connectivity index (χ0n) is 9.84. The van der Waals surface area contributed by atoms with Crippen molar-refractivity contribution >= 4 is 29.1 Å². The highest BCUT2D eigenvalue weighted by molar-refractivity contribution is 8.00. The highest BCUT2D eigenvalue weighted by atomic mass is 35.5. The molecule has 0 radical (unpaired) electrons. The van der Waals surface area contributed by atoms with Crippen LogP contribution >= 0.6 is 23.4 Å². The van der Waals surface area contributed by atoms with E-state index in [-0.39, 0.29) is 22.4 Å². The Kier molecular flexibility index (Phi) is 5.10. The Morgan fingerprint density at radius 2 is 2.06 bits per heavy atom. The van der Waals surface area contributed by atoms with Gasteiger partial charge in [0.05, 0.1) is 0 Å². The van der Waals surface area contributed by atoms with Crippen molar-refractivity contribution in [2.24, 2.45) is 0 Å². The number of benzene rings is 1. The lowest BCUT2D eigenvalue weighted by Crippen LogP contribution is -2.07. The second kappa shape index (κ2) is 5.97. The molecule has 0 bridgehead atoms. The van der Waals surface area contributed by atoms with Crippen LogP contribution in [0.5, 0.6) is 0 Å². The Hall–Kier alpha value is -0.680. The minimum absolute atomic E-state index is 0.106. The largest absolute Gasteiger partial charge is 0.446 e. The molecule has 18 heavy (non-hydrogen) atoms. The fraction of sp³-hybridized carbons (Fsp3) is 0.417. The third-order valence-electron chi connectivity index (χ3n) is 2.38. The van der Waals surface area contributed by atoms with Gasteiger partial charge >= 0.3 is 5.51 Å². The second-order valence-electron chi connectivity index (χ2n) is 3.70. The molecular weight excluding hydrogens is 285 g/mol. The van der Waals surface area contributed by atoms with Gasteiger partial charge in [-0.3, -0.25) is 4.79 Å². The number of thioether (sulfide) groups is 1. The van der Waals surface area contributed by atoms with E-state index in [2.05, 4.69) is 0 Å². The molecule has 1 aromatic rings. The first kappa shape index (κ1) is 15.4. The van der Waals surface area contributed by atoms with Crippen LogP contribution in [0.4, 0.5) is 13.2 Å². The lowest BCUT2D eigenvalue weighted by molar-refractivity contribution is -0.116. The maximum atomic E-state index is 12.4. The molecule has 0 heterocycles. The molecule has 1 nitrogen and oxygen atoms in total. The molecule has 0 N–H and O–H groups in total. The predicted octanol–water partition coefficient (Wildman–Crippen LogP) is 4.73. The Morgan fingerprint density at radius 3 is 2.50 bits per heavy atom. The van der Waals surface area contributed by atoms with Crippen molar-refractivity contribution < 1.29 is 18.0 Å². The molecule has 1 aromatic carbocycles. The summed E-state index contributed by atoms with van der Waals surface area (Å²) in [4.78, 5) is 11.4. The Bertz CT molecular complexity index is 445. The van der Waals surface area contributed by atoms with E-state index in [4.69, 9.17) is 11.6 Å². The fourth-order valence-corrected chi connectivity index (χ4v) is 2.62. The topological polar surface area (TPSA) is 17.1 Å². The first-order valence-electron chi connectivity index (χ1n) is 5.28. The summed E-state index contributed by atoms with van der Waals surface area (Å²) >= 11 is 5.75. The normalized spacial score (nSPS) is 13.4. The summed E-state index contributed by atoms with van der Waals surface area (Å²) in [6, 6.07) is 4.48. The standard InChI is InChI=1S/C12H12ClF3OS/c1-3-8-9(11(13)7(2)17)5-4-6-10(8)18-12(14,15)16/h4-6,11H,3H2,1-2H3. The average molecular weight is 297 g/mol. The molecule has 0 spiro atoms. The van der Waals surface area contributed by atoms with Crippen LogP contribution in [0.15, 0.2) is 23.1 Å². The average Bonchev–Trinajstić information content (AvgIpc) is 2.25. The zero-order chi connectivity index (χ0) is 13.9. The molecule has 6 heteroatoms. The van der Waals surface area contributed by atoms with Crippen molar-refractivity contribution in [3.05, 3.63) is 29.3 Å². The van der Waals surface area contributed by atoms with E-state index in [1.807, 2.05) is 0 Å². The first-order chi connectivity index (χ1) is 8.26. The molecule has 1 atom stereocenters. The monoisotopic (exact) mass is 296 g/mol. The number of alkyl halides is 4. The molecule has 0 aliphatic rings. The quantitative estimate of drug-likeness (QED) is 0.590. The summed E-state index contributed by atoms with van der Waals surface area (Å²) in [6.07, 6.45) is 0.394. The molecular formula is C12H12ClF3OS. The van der Waals surface area contributed by atoms with E-state index in [0.29, 0.717) is 17.5 Å². The van der Waals surface area contributed by atoms with Crippen LogP contribution in [0, 0.1) is 0 Å². The van der Waals surface area contributed by atoms with Crippen LogP contribution in [-0.2, 0) is 11.2 Å². The van der Waals surface area contributed by atoms with E-state index >= 15 is 0 Å². The van der Waals surface area contributed by atoms with Gasteiger partial charge in [-0.1, -0.05) is 19.1 Å². The molecule has 0 saturated carbocycles. The number of hydrogen-bond donors (Lipinski definition) is 0. The summed E-state index contributed by atoms with van der Waals surface area (Å²) in [7, 11) is 0. The summed E-state index contributed by atoms with van der Waals surface area (Å²) in [5.74, 6) is -0.277. The molecule has 100 valence electrons. The van der Waals surface area contributed by atoms with E-state index in [0.717, 1.165) is 0 Å². The van der Waals surface area contributed by atoms with Crippen LogP contribution in [0.25, 0.3) is 0 Å². The van der Waals surface area contributed by atoms with Gasteiger partial charge in [-0.15, -0.1) is 11.6 Å². The van der Waals surface area contributed by atoms with E-state index < -0.39 is 10.9 Å². The van der Waals surface area contributed by atoms with Crippen LogP contribution in [-0.4, -0.2) is 11.3 Å². The van der Waals surface area contributed by atoms with Crippen molar-refractivity contribution in [3.8, 4) is 0 Å². The summed E-state index contributed by atoms with van der Waals surface area (Å²) in [5, 5.41) is -0.895. The van der Waals surface area contributed by atoms with Crippen molar-refractivity contribution in [1.82, 2.24) is 0 Å². The van der Waals surface area contributed by atoms with Gasteiger partial charge in [0.15, 0.2) is 5.78 Å². The Morgan fingerprint density at radius 1 is 1.44 bits per heavy atom. The molecule has 1 rings (SSSR count). The van der Waals surface area contributed by atoms with Gasteiger partial charge in [0, 0.05) is 4.90 Å². The number of halogens is 4. The van der Waals surface area contributed by atoms with Crippen LogP contribution < -0.4 is 0 Å². The molecule has 0 amide bonds. The molecule has 0 aromatic heterocycles. The first-order valence-corrected chi connectivity index (χ1v) is 6.53. The number of rotatable bonds is 4. The number of Topliss-reactive ketones (excluding diaryl/α,β-unsaturated/α-hetero) is 1. The number of hydrogen-bond acceptors (Lipinski definition) is 2. The van der Waals surface area contributed by atoms with E-state index in [9.17, 15) is 18.0 Å². The predicted molar refractivity (Wildman–Crippen MR) is 67.0 cm³/mol. The van der Waals surface area contributed by atoms with Crippen molar-refractivity contribution in [2.75, 3.05) is 0 Å². The Labute approximate surface area is 113 Å².